The van der Waals surface area contributed by atoms with Gasteiger partial charge in [0.1, 0.15) is 5.75 Å². The third-order valence-electron chi connectivity index (χ3n) is 2.06. The quantitative estimate of drug-likeness (QED) is 0.729. The molecule has 0 aromatic heterocycles. The lowest BCUT2D eigenvalue weighted by Crippen LogP contribution is -2.15. The summed E-state index contributed by atoms with van der Waals surface area (Å²) in [6.07, 6.45) is 2.04. The van der Waals surface area contributed by atoms with E-state index >= 15 is 0 Å². The van der Waals surface area contributed by atoms with E-state index in [4.69, 9.17) is 10.5 Å². The van der Waals surface area contributed by atoms with Crippen molar-refractivity contribution in [3.05, 3.63) is 29.8 Å². The third-order valence-corrected chi connectivity index (χ3v) is 2.06. The maximum Gasteiger partial charge on any atom is 0.119 e. The van der Waals surface area contributed by atoms with Crippen molar-refractivity contribution < 1.29 is 4.74 Å². The summed E-state index contributed by atoms with van der Waals surface area (Å²) >= 11 is 0. The Kier molecular flexibility index (Phi) is 4.47. The molecule has 0 fully saturated rings. The fraction of sp³-hybridized carbons (Fsp3) is 0.500. The van der Waals surface area contributed by atoms with E-state index in [2.05, 4.69) is 13.0 Å². The molecule has 1 unspecified atom stereocenters. The van der Waals surface area contributed by atoms with Gasteiger partial charge in [0.15, 0.2) is 0 Å². The Bertz CT molecular complexity index is 271. The predicted octanol–water partition coefficient (Wildman–Crippen LogP) is 2.50. The summed E-state index contributed by atoms with van der Waals surface area (Å²) in [5.41, 5.74) is 6.87. The maximum atomic E-state index is 5.64. The topological polar surface area (TPSA) is 35.2 Å². The number of aryl methyl sites for hydroxylation is 1. The summed E-state index contributed by atoms with van der Waals surface area (Å²) in [6, 6.07) is 8.38. The summed E-state index contributed by atoms with van der Waals surface area (Å²) < 4.78 is 5.58. The zero-order valence-corrected chi connectivity index (χ0v) is 8.99. The second kappa shape index (κ2) is 5.66. The summed E-state index contributed by atoms with van der Waals surface area (Å²) in [4.78, 5) is 0. The first kappa shape index (κ1) is 11.1. The highest BCUT2D eigenvalue weighted by Gasteiger charge is 1.96. The van der Waals surface area contributed by atoms with Crippen LogP contribution in [0, 0.1) is 6.92 Å². The zero-order valence-electron chi connectivity index (χ0n) is 8.99. The molecule has 0 heterocycles. The standard InChI is InChI=1S/C12H19NO/c1-10-5-3-7-12(9-10)14-8-4-6-11(2)13/h3,5,7,9,11H,4,6,8,13H2,1-2H3. The molecule has 1 aromatic rings. The van der Waals surface area contributed by atoms with Crippen molar-refractivity contribution in [3.8, 4) is 5.75 Å². The van der Waals surface area contributed by atoms with E-state index in [9.17, 15) is 0 Å². The monoisotopic (exact) mass is 193 g/mol. The van der Waals surface area contributed by atoms with Crippen LogP contribution < -0.4 is 10.5 Å². The number of benzene rings is 1. The van der Waals surface area contributed by atoms with Crippen LogP contribution in [-0.4, -0.2) is 12.6 Å². The molecule has 2 N–H and O–H groups in total. The van der Waals surface area contributed by atoms with E-state index < -0.39 is 0 Å². The van der Waals surface area contributed by atoms with E-state index in [1.54, 1.807) is 0 Å². The zero-order chi connectivity index (χ0) is 10.4. The minimum absolute atomic E-state index is 0.274. The normalized spacial score (nSPS) is 12.5. The van der Waals surface area contributed by atoms with Crippen LogP contribution in [-0.2, 0) is 0 Å². The molecule has 2 nitrogen and oxygen atoms in total. The van der Waals surface area contributed by atoms with Crippen LogP contribution in [0.2, 0.25) is 0 Å². The van der Waals surface area contributed by atoms with E-state index in [0.717, 1.165) is 25.2 Å². The highest BCUT2D eigenvalue weighted by molar-refractivity contribution is 5.27. The molecule has 78 valence electrons. The van der Waals surface area contributed by atoms with Crippen molar-refractivity contribution in [3.63, 3.8) is 0 Å². The third kappa shape index (κ3) is 4.28. The van der Waals surface area contributed by atoms with Gasteiger partial charge in [-0.05, 0) is 44.4 Å². The summed E-state index contributed by atoms with van der Waals surface area (Å²) in [7, 11) is 0. The average Bonchev–Trinajstić information content (AvgIpc) is 2.12. The maximum absolute atomic E-state index is 5.64. The van der Waals surface area contributed by atoms with Crippen molar-refractivity contribution in [2.75, 3.05) is 6.61 Å². The van der Waals surface area contributed by atoms with E-state index in [1.165, 1.54) is 5.56 Å². The van der Waals surface area contributed by atoms with Gasteiger partial charge in [0.25, 0.3) is 0 Å². The molecule has 0 amide bonds. The van der Waals surface area contributed by atoms with Crippen molar-refractivity contribution in [1.29, 1.82) is 0 Å². The molecule has 0 aliphatic heterocycles. The van der Waals surface area contributed by atoms with Crippen LogP contribution in [0.5, 0.6) is 5.75 Å². The van der Waals surface area contributed by atoms with Crippen LogP contribution in [0.15, 0.2) is 24.3 Å². The molecule has 1 atom stereocenters. The van der Waals surface area contributed by atoms with Crippen molar-refractivity contribution in [2.24, 2.45) is 5.73 Å². The second-order valence-electron chi connectivity index (χ2n) is 3.78. The minimum Gasteiger partial charge on any atom is -0.494 e. The molecular weight excluding hydrogens is 174 g/mol. The van der Waals surface area contributed by atoms with Gasteiger partial charge in [0, 0.05) is 6.04 Å². The summed E-state index contributed by atoms with van der Waals surface area (Å²) in [5.74, 6) is 0.953. The van der Waals surface area contributed by atoms with Crippen molar-refractivity contribution in [2.45, 2.75) is 32.7 Å². The van der Waals surface area contributed by atoms with Crippen LogP contribution in [0.1, 0.15) is 25.3 Å². The molecule has 2 heteroatoms. The van der Waals surface area contributed by atoms with Crippen LogP contribution in [0.25, 0.3) is 0 Å². The fourth-order valence-electron chi connectivity index (χ4n) is 1.30. The SMILES string of the molecule is Cc1cccc(OCCCC(C)N)c1. The highest BCUT2D eigenvalue weighted by atomic mass is 16.5. The van der Waals surface area contributed by atoms with Gasteiger partial charge in [-0.15, -0.1) is 0 Å². The van der Waals surface area contributed by atoms with E-state index in [1.807, 2.05) is 25.1 Å². The Hall–Kier alpha value is -1.02. The van der Waals surface area contributed by atoms with Gasteiger partial charge in [-0.25, -0.2) is 0 Å². The van der Waals surface area contributed by atoms with Gasteiger partial charge >= 0.3 is 0 Å². The molecule has 0 bridgehead atoms. The van der Waals surface area contributed by atoms with Gasteiger partial charge in [-0.3, -0.25) is 0 Å². The Morgan fingerprint density at radius 2 is 2.21 bits per heavy atom. The first-order valence-corrected chi connectivity index (χ1v) is 5.13. The first-order valence-electron chi connectivity index (χ1n) is 5.13. The Labute approximate surface area is 86.1 Å². The largest absolute Gasteiger partial charge is 0.494 e. The second-order valence-corrected chi connectivity index (χ2v) is 3.78. The number of hydrogen-bond donors (Lipinski definition) is 1. The van der Waals surface area contributed by atoms with Gasteiger partial charge < -0.3 is 10.5 Å². The lowest BCUT2D eigenvalue weighted by molar-refractivity contribution is 0.302. The highest BCUT2D eigenvalue weighted by Crippen LogP contribution is 2.12. The first-order chi connectivity index (χ1) is 6.68. The van der Waals surface area contributed by atoms with Gasteiger partial charge in [0.05, 0.1) is 6.61 Å². The lowest BCUT2D eigenvalue weighted by Gasteiger charge is -2.07. The van der Waals surface area contributed by atoms with Crippen LogP contribution in [0.4, 0.5) is 0 Å². The molecule has 0 radical (unpaired) electrons. The van der Waals surface area contributed by atoms with E-state index in [0.29, 0.717) is 0 Å². The molecule has 0 aliphatic carbocycles. The molecule has 0 saturated carbocycles. The molecule has 0 aliphatic rings. The number of rotatable bonds is 5. The number of hydrogen-bond acceptors (Lipinski definition) is 2. The molecule has 1 aromatic carbocycles. The Balaban J connectivity index is 2.25. The Morgan fingerprint density at radius 3 is 2.86 bits per heavy atom. The molecule has 0 spiro atoms. The van der Waals surface area contributed by atoms with Gasteiger partial charge in [-0.1, -0.05) is 12.1 Å². The van der Waals surface area contributed by atoms with Crippen LogP contribution in [0.3, 0.4) is 0 Å². The Morgan fingerprint density at radius 1 is 1.43 bits per heavy atom. The summed E-state index contributed by atoms with van der Waals surface area (Å²) in [5, 5.41) is 0. The number of nitrogens with two attached hydrogens (primary N) is 1. The summed E-state index contributed by atoms with van der Waals surface area (Å²) in [6.45, 7) is 4.84. The average molecular weight is 193 g/mol. The predicted molar refractivity (Wildman–Crippen MR) is 59.6 cm³/mol. The fourth-order valence-corrected chi connectivity index (χ4v) is 1.30. The van der Waals surface area contributed by atoms with E-state index in [-0.39, 0.29) is 6.04 Å². The van der Waals surface area contributed by atoms with Gasteiger partial charge in [0.2, 0.25) is 0 Å². The molecular formula is C12H19NO. The molecule has 14 heavy (non-hydrogen) atoms. The lowest BCUT2D eigenvalue weighted by atomic mass is 10.2. The van der Waals surface area contributed by atoms with Gasteiger partial charge in [-0.2, -0.15) is 0 Å². The van der Waals surface area contributed by atoms with Crippen molar-refractivity contribution in [1.82, 2.24) is 0 Å². The number of ether oxygens (including phenoxy) is 1. The smallest absolute Gasteiger partial charge is 0.119 e. The van der Waals surface area contributed by atoms with Crippen LogP contribution >= 0.6 is 0 Å². The van der Waals surface area contributed by atoms with Crippen molar-refractivity contribution >= 4 is 0 Å². The minimum atomic E-state index is 0.274. The molecule has 0 saturated heterocycles. The molecule has 1 rings (SSSR count).